The summed E-state index contributed by atoms with van der Waals surface area (Å²) in [6, 6.07) is 25.8. The van der Waals surface area contributed by atoms with Crippen molar-refractivity contribution in [1.29, 1.82) is 0 Å². The molecule has 0 spiro atoms. The van der Waals surface area contributed by atoms with Crippen LogP contribution in [0.1, 0.15) is 22.0 Å². The summed E-state index contributed by atoms with van der Waals surface area (Å²) < 4.78 is 0. The number of fused-ring (bicyclic) bond motifs is 1. The molecule has 3 heterocycles. The van der Waals surface area contributed by atoms with Crippen molar-refractivity contribution in [2.75, 3.05) is 44.6 Å². The number of aliphatic imine (C=N–C) groups is 1. The minimum atomic E-state index is -0.110. The van der Waals surface area contributed by atoms with Gasteiger partial charge in [-0.25, -0.2) is 0 Å². The minimum Gasteiger partial charge on any atom is -0.322 e. The Labute approximate surface area is 216 Å². The van der Waals surface area contributed by atoms with E-state index in [1.807, 2.05) is 72.8 Å². The summed E-state index contributed by atoms with van der Waals surface area (Å²) in [5.74, 6) is -0.110. The minimum absolute atomic E-state index is 0.0138. The highest BCUT2D eigenvalue weighted by atomic mass is 32.2. The molecule has 0 aliphatic carbocycles. The predicted octanol–water partition coefficient (Wildman–Crippen LogP) is 4.81. The Hall–Kier alpha value is -3.39. The molecule has 1 amide bonds. The number of piperazine rings is 1. The topological polar surface area (TPSA) is 60.0 Å². The van der Waals surface area contributed by atoms with Crippen molar-refractivity contribution >= 4 is 28.5 Å². The number of nitrogens with one attached hydrogen (secondary N) is 2. The van der Waals surface area contributed by atoms with Gasteiger partial charge < -0.3 is 15.5 Å². The summed E-state index contributed by atoms with van der Waals surface area (Å²) in [5, 5.41) is 9.91. The monoisotopic (exact) mass is 495 g/mol. The Morgan fingerprint density at radius 1 is 0.972 bits per heavy atom. The Balaban J connectivity index is 1.20. The van der Waals surface area contributed by atoms with E-state index in [4.69, 9.17) is 4.99 Å². The van der Waals surface area contributed by atoms with Gasteiger partial charge in [-0.1, -0.05) is 78.5 Å². The van der Waals surface area contributed by atoms with E-state index < -0.39 is 0 Å². The second kappa shape index (κ2) is 10.3. The van der Waals surface area contributed by atoms with Gasteiger partial charge in [-0.15, -0.1) is 0 Å². The smallest absolute Gasteiger partial charge is 0.256 e. The predicted molar refractivity (Wildman–Crippen MR) is 148 cm³/mol. The average Bonchev–Trinajstić information content (AvgIpc) is 3.52. The molecular weight excluding hydrogens is 466 g/mol. The average molecular weight is 496 g/mol. The lowest BCUT2D eigenvalue weighted by Crippen LogP contribution is -2.45. The fourth-order valence-electron chi connectivity index (χ4n) is 5.04. The van der Waals surface area contributed by atoms with Crippen LogP contribution in [0.25, 0.3) is 11.1 Å². The number of hydrogen-bond acceptors (Lipinski definition) is 6. The van der Waals surface area contributed by atoms with Gasteiger partial charge in [-0.3, -0.25) is 14.7 Å². The van der Waals surface area contributed by atoms with E-state index >= 15 is 0 Å². The van der Waals surface area contributed by atoms with E-state index in [-0.39, 0.29) is 11.9 Å². The van der Waals surface area contributed by atoms with Gasteiger partial charge in [0.15, 0.2) is 5.17 Å². The van der Waals surface area contributed by atoms with Crippen molar-refractivity contribution in [3.05, 3.63) is 101 Å². The number of nitrogens with zero attached hydrogens (tertiary/aromatic N) is 3. The summed E-state index contributed by atoms with van der Waals surface area (Å²) in [7, 11) is 0. The van der Waals surface area contributed by atoms with Crippen molar-refractivity contribution < 1.29 is 4.79 Å². The summed E-state index contributed by atoms with van der Waals surface area (Å²) in [5.41, 5.74) is 5.80. The van der Waals surface area contributed by atoms with Crippen molar-refractivity contribution in [3.8, 4) is 11.1 Å². The van der Waals surface area contributed by atoms with Crippen LogP contribution in [0.3, 0.4) is 0 Å². The second-order valence-corrected chi connectivity index (χ2v) is 10.1. The van der Waals surface area contributed by atoms with Crippen LogP contribution in [0.2, 0.25) is 0 Å². The molecule has 0 bridgehead atoms. The van der Waals surface area contributed by atoms with E-state index in [2.05, 4.69) is 31.9 Å². The lowest BCUT2D eigenvalue weighted by molar-refractivity contribution is 0.102. The van der Waals surface area contributed by atoms with E-state index in [0.717, 1.165) is 66.8 Å². The highest BCUT2D eigenvalue weighted by Crippen LogP contribution is 2.39. The molecule has 3 aromatic rings. The van der Waals surface area contributed by atoms with E-state index in [1.54, 1.807) is 11.8 Å². The number of carbonyl (C=O) groups is 1. The molecule has 36 heavy (non-hydrogen) atoms. The van der Waals surface area contributed by atoms with Crippen LogP contribution in [0.15, 0.2) is 95.0 Å². The third-order valence-electron chi connectivity index (χ3n) is 6.92. The molecule has 6 rings (SSSR count). The third kappa shape index (κ3) is 4.69. The van der Waals surface area contributed by atoms with Crippen LogP contribution in [0.4, 0.5) is 5.69 Å². The highest BCUT2D eigenvalue weighted by molar-refractivity contribution is 8.16. The van der Waals surface area contributed by atoms with Gasteiger partial charge in [-0.05, 0) is 28.7 Å². The number of carbonyl (C=O) groups excluding carboxylic acids is 1. The first-order valence-corrected chi connectivity index (χ1v) is 13.3. The van der Waals surface area contributed by atoms with Crippen molar-refractivity contribution in [2.45, 2.75) is 6.04 Å². The number of anilines is 1. The molecule has 0 radical (unpaired) electrons. The van der Waals surface area contributed by atoms with Crippen molar-refractivity contribution in [1.82, 2.24) is 15.1 Å². The quantitative estimate of drug-likeness (QED) is 0.514. The lowest BCUT2D eigenvalue weighted by atomic mass is 9.98. The molecule has 182 valence electrons. The van der Waals surface area contributed by atoms with E-state index in [0.29, 0.717) is 5.56 Å². The van der Waals surface area contributed by atoms with Gasteiger partial charge in [0.2, 0.25) is 0 Å². The molecule has 2 N–H and O–H groups in total. The fraction of sp³-hybridized carbons (Fsp3) is 0.241. The van der Waals surface area contributed by atoms with Crippen molar-refractivity contribution in [2.24, 2.45) is 4.99 Å². The van der Waals surface area contributed by atoms with Crippen LogP contribution < -0.4 is 10.6 Å². The zero-order valence-corrected chi connectivity index (χ0v) is 20.9. The molecule has 1 fully saturated rings. The molecule has 0 aromatic heterocycles. The number of hydrogen-bond donors (Lipinski definition) is 2. The summed E-state index contributed by atoms with van der Waals surface area (Å²) in [6.45, 7) is 5.99. The first-order valence-electron chi connectivity index (χ1n) is 12.4. The first kappa shape index (κ1) is 23.0. The molecule has 3 aliphatic heterocycles. The zero-order chi connectivity index (χ0) is 24.3. The molecule has 1 atom stereocenters. The Bertz CT molecular complexity index is 1320. The number of amidine groups is 1. The maximum Gasteiger partial charge on any atom is 0.256 e. The van der Waals surface area contributed by atoms with Crippen LogP contribution in [-0.2, 0) is 0 Å². The van der Waals surface area contributed by atoms with Gasteiger partial charge in [-0.2, -0.15) is 0 Å². The van der Waals surface area contributed by atoms with Crippen LogP contribution in [-0.4, -0.2) is 60.1 Å². The van der Waals surface area contributed by atoms with Crippen LogP contribution in [0, 0.1) is 0 Å². The van der Waals surface area contributed by atoms with Crippen LogP contribution >= 0.6 is 11.8 Å². The van der Waals surface area contributed by atoms with Gasteiger partial charge in [0.1, 0.15) is 0 Å². The molecule has 0 saturated carbocycles. The van der Waals surface area contributed by atoms with E-state index in [9.17, 15) is 4.79 Å². The summed E-state index contributed by atoms with van der Waals surface area (Å²) in [6.07, 6.45) is 0. The number of para-hydroxylation sites is 1. The van der Waals surface area contributed by atoms with Crippen LogP contribution in [0.5, 0.6) is 0 Å². The largest absolute Gasteiger partial charge is 0.322 e. The Morgan fingerprint density at radius 2 is 1.72 bits per heavy atom. The first-order chi connectivity index (χ1) is 17.8. The van der Waals surface area contributed by atoms with Crippen molar-refractivity contribution in [3.63, 3.8) is 0 Å². The number of rotatable bonds is 6. The molecule has 1 unspecified atom stereocenters. The van der Waals surface area contributed by atoms with Gasteiger partial charge in [0.25, 0.3) is 5.91 Å². The molecule has 3 aliphatic rings. The summed E-state index contributed by atoms with van der Waals surface area (Å²) in [4.78, 5) is 23.3. The number of benzene rings is 3. The maximum absolute atomic E-state index is 13.5. The molecule has 3 aromatic carbocycles. The Kier molecular flexibility index (Phi) is 6.59. The molecule has 1 saturated heterocycles. The van der Waals surface area contributed by atoms with E-state index in [1.165, 1.54) is 5.70 Å². The highest BCUT2D eigenvalue weighted by Gasteiger charge is 2.34. The SMILES string of the molecule is O=C(Nc1ccccc1C1CN2C(CN3CCNCC3)=CSC2=N1)c1ccccc1-c1ccccc1. The zero-order valence-electron chi connectivity index (χ0n) is 20.1. The number of thioether (sulfide) groups is 1. The van der Waals surface area contributed by atoms with Gasteiger partial charge >= 0.3 is 0 Å². The van der Waals surface area contributed by atoms with Gasteiger partial charge in [0, 0.05) is 55.2 Å². The summed E-state index contributed by atoms with van der Waals surface area (Å²) >= 11 is 1.71. The maximum atomic E-state index is 13.5. The third-order valence-corrected chi connectivity index (χ3v) is 7.85. The number of amides is 1. The standard InChI is InChI=1S/C29H29N5OS/c35-28(24-11-5-4-10-23(24)21-8-2-1-3-9-21)31-26-13-7-6-12-25(26)27-19-34-22(20-36-29(34)32-27)18-33-16-14-30-15-17-33/h1-13,20,27,30H,14-19H2,(H,31,35). The lowest BCUT2D eigenvalue weighted by Gasteiger charge is -2.29. The molecule has 6 nitrogen and oxygen atoms in total. The molecular formula is C29H29N5OS. The van der Waals surface area contributed by atoms with Gasteiger partial charge in [0.05, 0.1) is 12.6 Å². The normalized spacial score (nSPS) is 19.6. The second-order valence-electron chi connectivity index (χ2n) is 9.24. The fourth-order valence-corrected chi connectivity index (χ4v) is 5.99. The molecule has 7 heteroatoms. The Morgan fingerprint density at radius 3 is 2.58 bits per heavy atom.